The first kappa shape index (κ1) is 36.7. The van der Waals surface area contributed by atoms with E-state index in [2.05, 4.69) is 14.8 Å². The number of aromatic amines is 1. The number of nitrogens with one attached hydrogen (secondary N) is 1. The molecule has 4 aromatic rings. The molecular weight excluding hydrogens is 643 g/mol. The number of rotatable bonds is 8. The Morgan fingerprint density at radius 3 is 2.51 bits per heavy atom. The maximum atomic E-state index is 11.2. The van der Waals surface area contributed by atoms with Crippen LogP contribution >= 0.6 is 24.8 Å². The van der Waals surface area contributed by atoms with Crippen LogP contribution in [-0.2, 0) is 6.61 Å². The summed E-state index contributed by atoms with van der Waals surface area (Å²) in [7, 11) is 3.16. The molecule has 3 fully saturated rings. The van der Waals surface area contributed by atoms with Gasteiger partial charge in [0, 0.05) is 47.2 Å². The maximum absolute atomic E-state index is 11.2. The molecular formula is C35H48Cl2N4O6. The van der Waals surface area contributed by atoms with Crippen LogP contribution in [0.15, 0.2) is 47.1 Å². The third-order valence-electron chi connectivity index (χ3n) is 9.74. The molecule has 0 amide bonds. The number of benzene rings is 2. The smallest absolute Gasteiger partial charge is 0.352 e. The SMILES string of the molecule is COc1cc(OC)c2c(COc3cccc4[nH]c(C(=O)O)cc34)coc2c1.Cl.Cl.NC1CCN(C[C@@H]2CCCN3CCCC[C@H]23)CC1. The molecule has 3 aliphatic heterocycles. The van der Waals surface area contributed by atoms with E-state index in [1.165, 1.54) is 77.7 Å². The molecule has 0 unspecified atom stereocenters. The van der Waals surface area contributed by atoms with E-state index in [1.807, 2.05) is 0 Å². The zero-order valence-electron chi connectivity index (χ0n) is 27.2. The largest absolute Gasteiger partial charge is 0.496 e. The van der Waals surface area contributed by atoms with Crippen LogP contribution in [0.4, 0.5) is 0 Å². The van der Waals surface area contributed by atoms with E-state index in [9.17, 15) is 4.79 Å². The van der Waals surface area contributed by atoms with Crippen molar-refractivity contribution in [2.45, 2.75) is 63.6 Å². The quantitative estimate of drug-likeness (QED) is 0.185. The van der Waals surface area contributed by atoms with Crippen molar-refractivity contribution < 1.29 is 28.5 Å². The molecule has 0 spiro atoms. The lowest BCUT2D eigenvalue weighted by atomic mass is 9.83. The topological polar surface area (TPSA) is 126 Å². The predicted octanol–water partition coefficient (Wildman–Crippen LogP) is 6.73. The average Bonchev–Trinajstić information content (AvgIpc) is 3.70. The van der Waals surface area contributed by atoms with Crippen LogP contribution in [0.3, 0.4) is 0 Å². The highest BCUT2D eigenvalue weighted by atomic mass is 35.5. The summed E-state index contributed by atoms with van der Waals surface area (Å²) in [5, 5.41) is 10.7. The van der Waals surface area contributed by atoms with Gasteiger partial charge in [-0.05, 0) is 88.8 Å². The summed E-state index contributed by atoms with van der Waals surface area (Å²) >= 11 is 0. The highest BCUT2D eigenvalue weighted by Gasteiger charge is 2.34. The highest BCUT2D eigenvalue weighted by molar-refractivity contribution is 5.96. The van der Waals surface area contributed by atoms with Crippen LogP contribution in [0.1, 0.15) is 61.0 Å². The number of aromatic carboxylic acids is 1. The number of carboxylic acids is 1. The number of carbonyl (C=O) groups is 1. The first-order chi connectivity index (χ1) is 21.9. The number of aromatic nitrogens is 1. The summed E-state index contributed by atoms with van der Waals surface area (Å²) in [5.41, 5.74) is 8.27. The second-order valence-electron chi connectivity index (χ2n) is 12.6. The van der Waals surface area contributed by atoms with Gasteiger partial charge in [0.2, 0.25) is 0 Å². The maximum Gasteiger partial charge on any atom is 0.352 e. The van der Waals surface area contributed by atoms with Crippen LogP contribution < -0.4 is 19.9 Å². The molecule has 12 heteroatoms. The van der Waals surface area contributed by atoms with E-state index in [0.717, 1.165) is 22.9 Å². The normalized spacial score (nSPS) is 20.3. The molecule has 47 heavy (non-hydrogen) atoms. The standard InChI is InChI=1S/C20H17NO6.C15H29N3.2ClH/c1-24-12-6-17(25-2)19-11(10-27-18(19)7-12)9-26-16-5-3-4-14-13(16)8-15(21-14)20(22)23;16-14-6-10-17(11-7-14)12-13-4-3-9-18-8-2-1-5-15(13)18;;/h3-8,10,21H,9H2,1-2H3,(H,22,23);13-15H,1-12,16H2;2*1H/t;13-,15+;;/m.0../s1. The van der Waals surface area contributed by atoms with E-state index >= 15 is 0 Å². The van der Waals surface area contributed by atoms with Gasteiger partial charge in [0.15, 0.2) is 0 Å². The van der Waals surface area contributed by atoms with Crippen LogP contribution in [-0.4, -0.2) is 84.9 Å². The number of hydrogen-bond donors (Lipinski definition) is 3. The van der Waals surface area contributed by atoms with Crippen LogP contribution in [0.2, 0.25) is 0 Å². The van der Waals surface area contributed by atoms with Crippen molar-refractivity contribution >= 4 is 52.7 Å². The van der Waals surface area contributed by atoms with E-state index in [4.69, 9.17) is 29.5 Å². The van der Waals surface area contributed by atoms with Gasteiger partial charge in [0.25, 0.3) is 0 Å². The lowest BCUT2D eigenvalue weighted by Crippen LogP contribution is -2.52. The summed E-state index contributed by atoms with van der Waals surface area (Å²) in [6.45, 7) is 6.79. The molecule has 0 aliphatic carbocycles. The molecule has 258 valence electrons. The number of carboxylic acid groups (broad SMARTS) is 1. The Labute approximate surface area is 288 Å². The number of fused-ring (bicyclic) bond motifs is 3. The fourth-order valence-corrected chi connectivity index (χ4v) is 7.34. The average molecular weight is 692 g/mol. The van der Waals surface area contributed by atoms with Crippen LogP contribution in [0.25, 0.3) is 21.9 Å². The Bertz CT molecular complexity index is 1600. The van der Waals surface area contributed by atoms with Gasteiger partial charge in [-0.1, -0.05) is 12.5 Å². The molecule has 0 saturated carbocycles. The monoisotopic (exact) mass is 690 g/mol. The molecule has 10 nitrogen and oxygen atoms in total. The summed E-state index contributed by atoms with van der Waals surface area (Å²) in [6.07, 6.45) is 11.3. The molecule has 4 N–H and O–H groups in total. The number of furan rings is 1. The lowest BCUT2D eigenvalue weighted by molar-refractivity contribution is 0.0361. The minimum Gasteiger partial charge on any atom is -0.496 e. The summed E-state index contributed by atoms with van der Waals surface area (Å²) in [6, 6.07) is 11.9. The molecule has 3 saturated heterocycles. The zero-order chi connectivity index (χ0) is 31.3. The molecule has 3 aliphatic rings. The Hall–Kier alpha value is -3.15. The number of H-pyrrole nitrogens is 1. The van der Waals surface area contributed by atoms with Crippen molar-refractivity contribution in [3.05, 3.63) is 53.9 Å². The van der Waals surface area contributed by atoms with Crippen molar-refractivity contribution in [2.24, 2.45) is 11.7 Å². The minimum absolute atomic E-state index is 0. The van der Waals surface area contributed by atoms with Gasteiger partial charge < -0.3 is 44.3 Å². The molecule has 0 bridgehead atoms. The molecule has 2 aromatic carbocycles. The van der Waals surface area contributed by atoms with E-state index in [1.54, 1.807) is 56.9 Å². The number of methoxy groups -OCH3 is 2. The first-order valence-corrected chi connectivity index (χ1v) is 16.3. The second kappa shape index (κ2) is 16.8. The number of nitrogens with two attached hydrogens (primary N) is 1. The van der Waals surface area contributed by atoms with E-state index < -0.39 is 5.97 Å². The van der Waals surface area contributed by atoms with Crippen molar-refractivity contribution in [1.82, 2.24) is 14.8 Å². The van der Waals surface area contributed by atoms with Crippen molar-refractivity contribution in [2.75, 3.05) is 46.9 Å². The minimum atomic E-state index is -1.02. The van der Waals surface area contributed by atoms with Crippen molar-refractivity contribution in [3.63, 3.8) is 0 Å². The van der Waals surface area contributed by atoms with Gasteiger partial charge in [-0.25, -0.2) is 4.79 Å². The summed E-state index contributed by atoms with van der Waals surface area (Å²) in [4.78, 5) is 19.5. The zero-order valence-corrected chi connectivity index (χ0v) is 28.9. The van der Waals surface area contributed by atoms with Gasteiger partial charge in [-0.3, -0.25) is 0 Å². The fourth-order valence-electron chi connectivity index (χ4n) is 7.34. The highest BCUT2D eigenvalue weighted by Crippen LogP contribution is 2.36. The van der Waals surface area contributed by atoms with E-state index in [0.29, 0.717) is 39.8 Å². The fraction of sp³-hybridized carbons (Fsp3) is 0.514. The number of likely N-dealkylation sites (tertiary alicyclic amines) is 1. The molecule has 5 heterocycles. The van der Waals surface area contributed by atoms with Gasteiger partial charge in [0.1, 0.15) is 35.1 Å². The third-order valence-corrected chi connectivity index (χ3v) is 9.74. The van der Waals surface area contributed by atoms with Crippen LogP contribution in [0, 0.1) is 5.92 Å². The van der Waals surface area contributed by atoms with Crippen molar-refractivity contribution in [3.8, 4) is 17.2 Å². The molecule has 2 atom stereocenters. The third kappa shape index (κ3) is 8.48. The Kier molecular flexibility index (Phi) is 13.1. The van der Waals surface area contributed by atoms with Gasteiger partial charge >= 0.3 is 5.97 Å². The molecule has 2 aromatic heterocycles. The van der Waals surface area contributed by atoms with Gasteiger partial charge in [0.05, 0.1) is 25.9 Å². The second-order valence-corrected chi connectivity index (χ2v) is 12.6. The van der Waals surface area contributed by atoms with Gasteiger partial charge in [-0.2, -0.15) is 0 Å². The predicted molar refractivity (Wildman–Crippen MR) is 189 cm³/mol. The first-order valence-electron chi connectivity index (χ1n) is 16.3. The number of nitrogens with zero attached hydrogens (tertiary/aromatic N) is 2. The number of halogens is 2. The lowest BCUT2D eigenvalue weighted by Gasteiger charge is -2.46. The van der Waals surface area contributed by atoms with Crippen LogP contribution in [0.5, 0.6) is 17.2 Å². The Morgan fingerprint density at radius 2 is 1.77 bits per heavy atom. The van der Waals surface area contributed by atoms with E-state index in [-0.39, 0.29) is 37.1 Å². The Morgan fingerprint density at radius 1 is 0.979 bits per heavy atom. The Balaban J connectivity index is 0.000000219. The van der Waals surface area contributed by atoms with Crippen molar-refractivity contribution in [1.29, 1.82) is 0 Å². The summed E-state index contributed by atoms with van der Waals surface area (Å²) in [5.74, 6) is 1.77. The molecule has 0 radical (unpaired) electrons. The molecule has 7 rings (SSSR count). The van der Waals surface area contributed by atoms with Gasteiger partial charge in [-0.15, -0.1) is 24.8 Å². The number of hydrogen-bond acceptors (Lipinski definition) is 8. The number of ether oxygens (including phenoxy) is 3. The number of piperidine rings is 3. The summed E-state index contributed by atoms with van der Waals surface area (Å²) < 4.78 is 22.3.